The first-order valence-corrected chi connectivity index (χ1v) is 6.22. The first-order chi connectivity index (χ1) is 8.60. The normalized spacial score (nSPS) is 10.4. The zero-order chi connectivity index (χ0) is 13.1. The Balaban J connectivity index is 2.37. The summed E-state index contributed by atoms with van der Waals surface area (Å²) in [5.74, 6) is -0.916. The number of nitrogens with zero attached hydrogens (tertiary/aromatic N) is 2. The summed E-state index contributed by atoms with van der Waals surface area (Å²) in [6, 6.07) is 5.01. The lowest BCUT2D eigenvalue weighted by Crippen LogP contribution is -2.02. The van der Waals surface area contributed by atoms with Crippen LogP contribution >= 0.6 is 11.8 Å². The van der Waals surface area contributed by atoms with Crippen molar-refractivity contribution in [3.8, 4) is 0 Å². The molecule has 0 saturated carbocycles. The predicted octanol–water partition coefficient (Wildman–Crippen LogP) is 2.80. The van der Waals surface area contributed by atoms with Gasteiger partial charge in [-0.15, -0.1) is 0 Å². The molecule has 0 aliphatic heterocycles. The Morgan fingerprint density at radius 3 is 2.50 bits per heavy atom. The highest BCUT2D eigenvalue weighted by Crippen LogP contribution is 2.24. The molecule has 1 aromatic carbocycles. The SMILES string of the molecule is CSc1nc(N)cc(Nc2c(F)cccc2F)n1. The molecule has 18 heavy (non-hydrogen) atoms. The number of aromatic nitrogens is 2. The van der Waals surface area contributed by atoms with Gasteiger partial charge in [-0.2, -0.15) is 0 Å². The zero-order valence-electron chi connectivity index (χ0n) is 9.45. The zero-order valence-corrected chi connectivity index (χ0v) is 10.3. The van der Waals surface area contributed by atoms with Gasteiger partial charge in [0.05, 0.1) is 0 Å². The quantitative estimate of drug-likeness (QED) is 0.662. The lowest BCUT2D eigenvalue weighted by molar-refractivity contribution is 0.590. The fraction of sp³-hybridized carbons (Fsp3) is 0.0909. The van der Waals surface area contributed by atoms with Gasteiger partial charge in [0.2, 0.25) is 0 Å². The van der Waals surface area contributed by atoms with E-state index in [1.54, 1.807) is 6.26 Å². The number of hydrogen-bond acceptors (Lipinski definition) is 5. The van der Waals surface area contributed by atoms with Crippen molar-refractivity contribution in [3.63, 3.8) is 0 Å². The highest BCUT2D eigenvalue weighted by Gasteiger charge is 2.10. The van der Waals surface area contributed by atoms with E-state index in [0.717, 1.165) is 12.1 Å². The van der Waals surface area contributed by atoms with Gasteiger partial charge in [-0.3, -0.25) is 0 Å². The van der Waals surface area contributed by atoms with Gasteiger partial charge in [0.15, 0.2) is 5.16 Å². The molecule has 7 heteroatoms. The molecule has 2 aromatic rings. The van der Waals surface area contributed by atoms with Crippen molar-refractivity contribution in [2.75, 3.05) is 17.3 Å². The van der Waals surface area contributed by atoms with Gasteiger partial charge in [0, 0.05) is 6.07 Å². The first kappa shape index (κ1) is 12.6. The van der Waals surface area contributed by atoms with Gasteiger partial charge < -0.3 is 11.1 Å². The second-order valence-corrected chi connectivity index (χ2v) is 4.16. The largest absolute Gasteiger partial charge is 0.383 e. The summed E-state index contributed by atoms with van der Waals surface area (Å²) in [4.78, 5) is 8.00. The summed E-state index contributed by atoms with van der Waals surface area (Å²) in [7, 11) is 0. The fourth-order valence-electron chi connectivity index (χ4n) is 1.34. The molecular weight excluding hydrogens is 258 g/mol. The van der Waals surface area contributed by atoms with Crippen LogP contribution in [0.3, 0.4) is 0 Å². The molecule has 4 nitrogen and oxygen atoms in total. The van der Waals surface area contributed by atoms with Crippen LogP contribution in [0.5, 0.6) is 0 Å². The molecule has 0 atom stereocenters. The van der Waals surface area contributed by atoms with E-state index in [-0.39, 0.29) is 17.3 Å². The second kappa shape index (κ2) is 5.18. The summed E-state index contributed by atoms with van der Waals surface area (Å²) < 4.78 is 26.9. The molecule has 0 radical (unpaired) electrons. The van der Waals surface area contributed by atoms with Crippen molar-refractivity contribution in [2.24, 2.45) is 0 Å². The van der Waals surface area contributed by atoms with Gasteiger partial charge in [-0.1, -0.05) is 17.8 Å². The third-order valence-corrected chi connectivity index (χ3v) is 2.67. The molecule has 0 unspecified atom stereocenters. The number of halogens is 2. The number of benzene rings is 1. The third kappa shape index (κ3) is 2.67. The van der Waals surface area contributed by atoms with E-state index in [1.165, 1.54) is 23.9 Å². The number of nitrogens with one attached hydrogen (secondary N) is 1. The van der Waals surface area contributed by atoms with Gasteiger partial charge in [-0.25, -0.2) is 18.7 Å². The molecule has 3 N–H and O–H groups in total. The molecule has 0 aliphatic rings. The number of rotatable bonds is 3. The molecule has 1 heterocycles. The van der Waals surface area contributed by atoms with Gasteiger partial charge in [0.1, 0.15) is 29.0 Å². The number of hydrogen-bond donors (Lipinski definition) is 2. The number of thioether (sulfide) groups is 1. The van der Waals surface area contributed by atoms with Gasteiger partial charge >= 0.3 is 0 Å². The number of nitrogens with two attached hydrogens (primary N) is 1. The highest BCUT2D eigenvalue weighted by atomic mass is 32.2. The van der Waals surface area contributed by atoms with Crippen molar-refractivity contribution in [1.29, 1.82) is 0 Å². The van der Waals surface area contributed by atoms with Gasteiger partial charge in [0.25, 0.3) is 0 Å². The molecule has 0 spiro atoms. The van der Waals surface area contributed by atoms with Crippen LogP contribution < -0.4 is 11.1 Å². The van der Waals surface area contributed by atoms with E-state index in [9.17, 15) is 8.78 Å². The van der Waals surface area contributed by atoms with Crippen molar-refractivity contribution in [2.45, 2.75) is 5.16 Å². The van der Waals surface area contributed by atoms with Crippen molar-refractivity contribution in [1.82, 2.24) is 9.97 Å². The summed E-state index contributed by atoms with van der Waals surface area (Å²) in [5, 5.41) is 2.99. The summed E-state index contributed by atoms with van der Waals surface area (Å²) in [6.07, 6.45) is 1.78. The summed E-state index contributed by atoms with van der Waals surface area (Å²) >= 11 is 1.29. The van der Waals surface area contributed by atoms with Crippen LogP contribution in [-0.2, 0) is 0 Å². The van der Waals surface area contributed by atoms with E-state index < -0.39 is 11.6 Å². The molecule has 94 valence electrons. The lowest BCUT2D eigenvalue weighted by Gasteiger charge is -2.09. The van der Waals surface area contributed by atoms with Crippen molar-refractivity contribution in [3.05, 3.63) is 35.9 Å². The monoisotopic (exact) mass is 268 g/mol. The van der Waals surface area contributed by atoms with Crippen LogP contribution in [0.1, 0.15) is 0 Å². The van der Waals surface area contributed by atoms with Crippen molar-refractivity contribution < 1.29 is 8.78 Å². The van der Waals surface area contributed by atoms with E-state index in [1.807, 2.05) is 0 Å². The van der Waals surface area contributed by atoms with Crippen LogP contribution in [0.25, 0.3) is 0 Å². The van der Waals surface area contributed by atoms with Crippen LogP contribution in [-0.4, -0.2) is 16.2 Å². The molecule has 1 aromatic heterocycles. The lowest BCUT2D eigenvalue weighted by atomic mass is 10.3. The minimum Gasteiger partial charge on any atom is -0.383 e. The molecule has 0 fully saturated rings. The number of anilines is 3. The Labute approximate surface area is 107 Å². The minimum absolute atomic E-state index is 0.230. The topological polar surface area (TPSA) is 63.8 Å². The summed E-state index contributed by atoms with van der Waals surface area (Å²) in [5.41, 5.74) is 5.31. The van der Waals surface area contributed by atoms with Crippen molar-refractivity contribution >= 4 is 29.1 Å². The van der Waals surface area contributed by atoms with E-state index in [2.05, 4.69) is 15.3 Å². The number of para-hydroxylation sites is 1. The Kier molecular flexibility index (Phi) is 3.61. The third-order valence-electron chi connectivity index (χ3n) is 2.12. The average molecular weight is 268 g/mol. The Morgan fingerprint density at radius 1 is 1.22 bits per heavy atom. The van der Waals surface area contributed by atoms with Crippen LogP contribution in [0.2, 0.25) is 0 Å². The predicted molar refractivity (Wildman–Crippen MR) is 67.9 cm³/mol. The standard InChI is InChI=1S/C11H10F2N4S/c1-18-11-15-8(14)5-9(17-11)16-10-6(12)3-2-4-7(10)13/h2-5H,1H3,(H3,14,15,16,17). The average Bonchev–Trinajstić information content (AvgIpc) is 2.33. The number of nitrogen functional groups attached to an aromatic ring is 1. The fourth-order valence-corrected chi connectivity index (χ4v) is 1.73. The second-order valence-electron chi connectivity index (χ2n) is 3.39. The molecule has 0 amide bonds. The summed E-state index contributed by atoms with van der Waals surface area (Å²) in [6.45, 7) is 0. The molecule has 0 bridgehead atoms. The molecule has 2 rings (SSSR count). The maximum Gasteiger partial charge on any atom is 0.191 e. The molecule has 0 saturated heterocycles. The Bertz CT molecular complexity index is 557. The smallest absolute Gasteiger partial charge is 0.191 e. The van der Waals surface area contributed by atoms with Crippen LogP contribution in [0.15, 0.2) is 29.4 Å². The van der Waals surface area contributed by atoms with Crippen LogP contribution in [0, 0.1) is 11.6 Å². The molecular formula is C11H10F2N4S. The maximum atomic E-state index is 13.4. The van der Waals surface area contributed by atoms with E-state index in [4.69, 9.17) is 5.73 Å². The molecule has 0 aliphatic carbocycles. The highest BCUT2D eigenvalue weighted by molar-refractivity contribution is 7.98. The van der Waals surface area contributed by atoms with Crippen LogP contribution in [0.4, 0.5) is 26.1 Å². The minimum atomic E-state index is -0.696. The Morgan fingerprint density at radius 2 is 1.89 bits per heavy atom. The van der Waals surface area contributed by atoms with E-state index >= 15 is 0 Å². The Hall–Kier alpha value is -1.89. The maximum absolute atomic E-state index is 13.4. The van der Waals surface area contributed by atoms with Gasteiger partial charge in [-0.05, 0) is 18.4 Å². The first-order valence-electron chi connectivity index (χ1n) is 4.99. The van der Waals surface area contributed by atoms with E-state index in [0.29, 0.717) is 5.16 Å².